The van der Waals surface area contributed by atoms with Crippen LogP contribution in [0.4, 0.5) is 0 Å². The zero-order valence-corrected chi connectivity index (χ0v) is 15.9. The van der Waals surface area contributed by atoms with Gasteiger partial charge in [-0.3, -0.25) is 9.36 Å². The van der Waals surface area contributed by atoms with E-state index in [0.717, 1.165) is 0 Å². The summed E-state index contributed by atoms with van der Waals surface area (Å²) in [6.07, 6.45) is 1.37. The summed E-state index contributed by atoms with van der Waals surface area (Å²) in [5.74, 6) is 0.0497. The number of thiophene rings is 1. The first kappa shape index (κ1) is 18.0. The molecule has 0 radical (unpaired) electrons. The molecule has 2 aromatic carbocycles. The van der Waals surface area contributed by atoms with Crippen molar-refractivity contribution in [2.24, 2.45) is 0 Å². The zero-order valence-electron chi connectivity index (χ0n) is 14.3. The monoisotopic (exact) mass is 405 g/mol. The van der Waals surface area contributed by atoms with E-state index in [4.69, 9.17) is 11.6 Å². The molecule has 0 fully saturated rings. The van der Waals surface area contributed by atoms with Crippen LogP contribution < -0.4 is 5.56 Å². The van der Waals surface area contributed by atoms with Crippen LogP contribution in [0.1, 0.15) is 17.0 Å². The molecule has 1 N–H and O–H groups in total. The molecule has 4 rings (SSSR count). The highest BCUT2D eigenvalue weighted by Gasteiger charge is 2.16. The number of aromatic nitrogens is 2. The van der Waals surface area contributed by atoms with Crippen molar-refractivity contribution in [1.29, 1.82) is 5.26 Å². The minimum absolute atomic E-state index is 0.167. The molecule has 4 aromatic rings. The number of aliphatic hydroxyl groups is 1. The summed E-state index contributed by atoms with van der Waals surface area (Å²) in [5, 5.41) is 22.1. The van der Waals surface area contributed by atoms with Gasteiger partial charge in [-0.05, 0) is 35.7 Å². The lowest BCUT2D eigenvalue weighted by molar-refractivity contribution is 0.515. The minimum atomic E-state index is -0.277. The maximum absolute atomic E-state index is 13.1. The van der Waals surface area contributed by atoms with E-state index in [-0.39, 0.29) is 17.1 Å². The molecule has 0 saturated heterocycles. The van der Waals surface area contributed by atoms with E-state index in [1.807, 2.05) is 6.07 Å². The van der Waals surface area contributed by atoms with Gasteiger partial charge in [0.05, 0.1) is 27.9 Å². The fourth-order valence-corrected chi connectivity index (χ4v) is 3.88. The third kappa shape index (κ3) is 3.07. The smallest absolute Gasteiger partial charge is 0.276 e. The van der Waals surface area contributed by atoms with Crippen LogP contribution in [0.25, 0.3) is 27.7 Å². The Bertz CT molecular complexity index is 1330. The van der Waals surface area contributed by atoms with Gasteiger partial charge in [-0.2, -0.15) is 5.26 Å². The standard InChI is InChI=1S/C21H12ClN3O2S/c22-15-7-3-4-8-17(15)25-19(24-16-9-10-28-20(16)21(25)27)11-18(26)14-6-2-1-5-13(14)12-23/h1-11,26H/b18-11-. The highest BCUT2D eigenvalue weighted by Crippen LogP contribution is 2.25. The zero-order chi connectivity index (χ0) is 19.7. The highest BCUT2D eigenvalue weighted by molar-refractivity contribution is 7.17. The van der Waals surface area contributed by atoms with Crippen LogP contribution in [0, 0.1) is 11.3 Å². The quantitative estimate of drug-likeness (QED) is 0.485. The predicted molar refractivity (Wildman–Crippen MR) is 112 cm³/mol. The number of hydrogen-bond donors (Lipinski definition) is 1. The van der Waals surface area contributed by atoms with Gasteiger partial charge in [0, 0.05) is 11.6 Å². The summed E-state index contributed by atoms with van der Waals surface area (Å²) in [6.45, 7) is 0. The van der Waals surface area contributed by atoms with Gasteiger partial charge in [0.1, 0.15) is 16.3 Å². The second-order valence-corrected chi connectivity index (χ2v) is 7.21. The Morgan fingerprint density at radius 2 is 1.93 bits per heavy atom. The van der Waals surface area contributed by atoms with Gasteiger partial charge in [-0.1, -0.05) is 35.9 Å². The third-order valence-electron chi connectivity index (χ3n) is 4.19. The number of rotatable bonds is 3. The van der Waals surface area contributed by atoms with E-state index < -0.39 is 0 Å². The van der Waals surface area contributed by atoms with E-state index in [0.29, 0.717) is 32.1 Å². The Labute approximate surface area is 169 Å². The van der Waals surface area contributed by atoms with Gasteiger partial charge in [0.15, 0.2) is 0 Å². The number of hydrogen-bond acceptors (Lipinski definition) is 5. The van der Waals surface area contributed by atoms with Crippen molar-refractivity contribution < 1.29 is 5.11 Å². The van der Waals surface area contributed by atoms with Crippen LogP contribution in [0.15, 0.2) is 64.8 Å². The number of aliphatic hydroxyl groups excluding tert-OH is 1. The third-order valence-corrected chi connectivity index (χ3v) is 5.40. The van der Waals surface area contributed by atoms with Gasteiger partial charge in [-0.15, -0.1) is 11.3 Å². The lowest BCUT2D eigenvalue weighted by Gasteiger charge is -2.12. The first-order chi connectivity index (χ1) is 13.6. The molecule has 0 bridgehead atoms. The molecule has 0 aliphatic heterocycles. The highest BCUT2D eigenvalue weighted by atomic mass is 35.5. The van der Waals surface area contributed by atoms with Crippen molar-refractivity contribution in [3.8, 4) is 11.8 Å². The number of fused-ring (bicyclic) bond motifs is 1. The largest absolute Gasteiger partial charge is 0.507 e. The van der Waals surface area contributed by atoms with Gasteiger partial charge >= 0.3 is 0 Å². The first-order valence-electron chi connectivity index (χ1n) is 8.25. The molecular weight excluding hydrogens is 394 g/mol. The van der Waals surface area contributed by atoms with E-state index in [9.17, 15) is 15.2 Å². The van der Waals surface area contributed by atoms with Crippen molar-refractivity contribution >= 4 is 45.0 Å². The molecule has 0 atom stereocenters. The van der Waals surface area contributed by atoms with E-state index >= 15 is 0 Å². The number of halogens is 1. The van der Waals surface area contributed by atoms with Crippen LogP contribution >= 0.6 is 22.9 Å². The summed E-state index contributed by atoms with van der Waals surface area (Å²) >= 11 is 7.61. The first-order valence-corrected chi connectivity index (χ1v) is 9.51. The van der Waals surface area contributed by atoms with Crippen LogP contribution in [0.3, 0.4) is 0 Å². The number of nitrogens with zero attached hydrogens (tertiary/aromatic N) is 3. The lowest BCUT2D eigenvalue weighted by Crippen LogP contribution is -2.21. The average Bonchev–Trinajstić information content (AvgIpc) is 3.18. The topological polar surface area (TPSA) is 78.9 Å². The van der Waals surface area contributed by atoms with Gasteiger partial charge < -0.3 is 5.11 Å². The molecule has 2 aromatic heterocycles. The summed E-state index contributed by atoms with van der Waals surface area (Å²) in [5.41, 5.74) is 1.39. The molecule has 28 heavy (non-hydrogen) atoms. The molecule has 0 aliphatic rings. The van der Waals surface area contributed by atoms with Gasteiger partial charge in [-0.25, -0.2) is 4.98 Å². The SMILES string of the molecule is N#Cc1ccccc1/C(O)=C/c1nc2ccsc2c(=O)n1-c1ccccc1Cl. The Morgan fingerprint density at radius 1 is 1.18 bits per heavy atom. The second-order valence-electron chi connectivity index (χ2n) is 5.88. The molecule has 0 saturated carbocycles. The summed E-state index contributed by atoms with van der Waals surface area (Å²) in [4.78, 5) is 17.6. The molecule has 0 unspecified atom stereocenters. The molecule has 5 nitrogen and oxygen atoms in total. The van der Waals surface area contributed by atoms with E-state index in [1.165, 1.54) is 22.0 Å². The van der Waals surface area contributed by atoms with Crippen LogP contribution in [0.5, 0.6) is 0 Å². The summed E-state index contributed by atoms with van der Waals surface area (Å²) in [6, 6.07) is 17.4. The number of nitriles is 1. The molecule has 0 aliphatic carbocycles. The van der Waals surface area contributed by atoms with Crippen LogP contribution in [0.2, 0.25) is 5.02 Å². The van der Waals surface area contributed by atoms with Gasteiger partial charge in [0.25, 0.3) is 5.56 Å². The summed E-state index contributed by atoms with van der Waals surface area (Å²) in [7, 11) is 0. The van der Waals surface area contributed by atoms with Crippen molar-refractivity contribution in [1.82, 2.24) is 9.55 Å². The maximum Gasteiger partial charge on any atom is 0.276 e. The maximum atomic E-state index is 13.1. The van der Waals surface area contributed by atoms with Crippen molar-refractivity contribution in [3.05, 3.63) is 92.3 Å². The molecule has 0 amide bonds. The average molecular weight is 406 g/mol. The molecule has 2 heterocycles. The fraction of sp³-hybridized carbons (Fsp3) is 0. The van der Waals surface area contributed by atoms with Crippen molar-refractivity contribution in [3.63, 3.8) is 0 Å². The molecule has 136 valence electrons. The van der Waals surface area contributed by atoms with E-state index in [2.05, 4.69) is 4.98 Å². The van der Waals surface area contributed by atoms with Crippen molar-refractivity contribution in [2.75, 3.05) is 0 Å². The van der Waals surface area contributed by atoms with Crippen LogP contribution in [-0.4, -0.2) is 14.7 Å². The van der Waals surface area contributed by atoms with Gasteiger partial charge in [0.2, 0.25) is 0 Å². The van der Waals surface area contributed by atoms with Crippen molar-refractivity contribution in [2.45, 2.75) is 0 Å². The fourth-order valence-electron chi connectivity index (χ4n) is 2.90. The Hall–Kier alpha value is -3.40. The predicted octanol–water partition coefficient (Wildman–Crippen LogP) is 5.03. The summed E-state index contributed by atoms with van der Waals surface area (Å²) < 4.78 is 1.86. The minimum Gasteiger partial charge on any atom is -0.507 e. The second kappa shape index (κ2) is 7.31. The normalized spacial score (nSPS) is 11.5. The number of benzene rings is 2. The van der Waals surface area contributed by atoms with Crippen LogP contribution in [-0.2, 0) is 0 Å². The Balaban J connectivity index is 2.02. The molecular formula is C21H12ClN3O2S. The lowest BCUT2D eigenvalue weighted by atomic mass is 10.1. The Morgan fingerprint density at radius 3 is 2.71 bits per heavy atom. The molecule has 7 heteroatoms. The molecule has 0 spiro atoms. The number of para-hydroxylation sites is 1. The van der Waals surface area contributed by atoms with E-state index in [1.54, 1.807) is 60.0 Å². The Kier molecular flexibility index (Phi) is 4.70.